The summed E-state index contributed by atoms with van der Waals surface area (Å²) in [7, 11) is -0.817. The maximum absolute atomic E-state index is 14.5. The molecule has 0 aromatic heterocycles. The molecule has 9 rings (SSSR count). The summed E-state index contributed by atoms with van der Waals surface area (Å²) in [5, 5.41) is -1.06. The van der Waals surface area contributed by atoms with Gasteiger partial charge in [0.2, 0.25) is 5.91 Å². The lowest BCUT2D eigenvalue weighted by Crippen LogP contribution is -2.47. The number of amides is 3. The van der Waals surface area contributed by atoms with Crippen LogP contribution in [0.2, 0.25) is 0 Å². The summed E-state index contributed by atoms with van der Waals surface area (Å²) >= 11 is 0. The third-order valence-corrected chi connectivity index (χ3v) is 21.5. The molecular weight excluding hydrogens is 1090 g/mol. The van der Waals surface area contributed by atoms with Crippen molar-refractivity contribution < 1.29 is 59.0 Å². The first-order chi connectivity index (χ1) is 37.6. The lowest BCUT2D eigenvalue weighted by Gasteiger charge is -2.28. The minimum Gasteiger partial charge on any atom is -0.493 e. The highest BCUT2D eigenvalue weighted by molar-refractivity contribution is 8.77. The number of para-hydroxylation sites is 2. The number of Topliss-reactive ketones (excluding diaryl/α,β-unsaturated/α-hetero) is 1. The Morgan fingerprint density at radius 3 is 1.94 bits per heavy atom. The zero-order valence-electron chi connectivity index (χ0n) is 45.5. The third kappa shape index (κ3) is 12.7. The Morgan fingerprint density at radius 1 is 0.734 bits per heavy atom. The molecule has 0 saturated heterocycles. The number of rotatable bonds is 22. The summed E-state index contributed by atoms with van der Waals surface area (Å²) in [5.74, 6) is 0.139. The van der Waals surface area contributed by atoms with Crippen LogP contribution in [0.4, 0.5) is 17.1 Å². The fraction of sp³-hybridized carbons (Fsp3) is 0.424. The van der Waals surface area contributed by atoms with Crippen LogP contribution in [0, 0.1) is 12.8 Å². The van der Waals surface area contributed by atoms with Gasteiger partial charge in [0.1, 0.15) is 30.0 Å². The molecule has 5 aromatic rings. The number of ketones is 1. The van der Waals surface area contributed by atoms with Crippen molar-refractivity contribution in [2.24, 2.45) is 5.92 Å². The molecular formula is C59H67N3O13S4. The summed E-state index contributed by atoms with van der Waals surface area (Å²) in [6, 6.07) is 26.1. The molecule has 0 fully saturated rings. The Bertz CT molecular complexity index is 3420. The summed E-state index contributed by atoms with van der Waals surface area (Å²) < 4.78 is 86.2. The van der Waals surface area contributed by atoms with Gasteiger partial charge in [-0.25, -0.2) is 0 Å². The molecule has 0 saturated carbocycles. The maximum Gasteiger partial charge on any atom is 0.272 e. The van der Waals surface area contributed by atoms with Crippen molar-refractivity contribution in [3.05, 3.63) is 141 Å². The Hall–Kier alpha value is -5.90. The number of methoxy groups -OCH3 is 1. The van der Waals surface area contributed by atoms with Crippen LogP contribution in [-0.2, 0) is 72.9 Å². The summed E-state index contributed by atoms with van der Waals surface area (Å²) in [5.41, 5.74) is 7.44. The molecule has 79 heavy (non-hydrogen) atoms. The standard InChI is InChI=1S/C59H67N3O13S4/c1-8-45(63)16-13-21-76-77-59(3,4)20-19-56(64)60(5)44-24-37(33-74-52-29-42-31-55(79(70,71)73-7)51-28-40-15-10-12-18-49(40)62(51)57(65)46(42)22-36(52)2)23-38(25-44)34-75-54-30-41-26-43(35-78(67,68)69)50-27-39-14-9-11-17-48(39)61(50)58(66)47(41)32-53(54)72-6/h9-12,14-15,17-18,22-25,29-30,32,43,50-51,55H,8,13,16,19-21,26-28,31,33-35H2,1-7H3,(H,67,68,69)/t43?,50-,51-,55?/m0/s1. The molecule has 20 heteroatoms. The largest absolute Gasteiger partial charge is 0.493 e. The minimum absolute atomic E-state index is 0.00331. The van der Waals surface area contributed by atoms with Gasteiger partial charge in [-0.2, -0.15) is 16.8 Å². The summed E-state index contributed by atoms with van der Waals surface area (Å²) in [4.78, 5) is 59.7. The molecule has 0 bridgehead atoms. The van der Waals surface area contributed by atoms with Crippen LogP contribution in [0.25, 0.3) is 0 Å². The lowest BCUT2D eigenvalue weighted by atomic mass is 9.91. The van der Waals surface area contributed by atoms with Crippen LogP contribution < -0.4 is 28.9 Å². The van der Waals surface area contributed by atoms with Crippen molar-refractivity contribution in [2.75, 3.05) is 47.5 Å². The van der Waals surface area contributed by atoms with E-state index in [-0.39, 0.29) is 72.2 Å². The van der Waals surface area contributed by atoms with Gasteiger partial charge in [-0.3, -0.25) is 27.9 Å². The van der Waals surface area contributed by atoms with E-state index in [9.17, 15) is 40.6 Å². The second-order valence-corrected chi connectivity index (χ2v) is 27.9. The van der Waals surface area contributed by atoms with E-state index in [1.54, 1.807) is 67.6 Å². The average Bonchev–Trinajstić information content (AvgIpc) is 3.87. The Labute approximate surface area is 471 Å². The molecule has 0 radical (unpaired) electrons. The summed E-state index contributed by atoms with van der Waals surface area (Å²) in [6.07, 6.45) is 3.69. The molecule has 4 heterocycles. The summed E-state index contributed by atoms with van der Waals surface area (Å²) in [6.45, 7) is 7.87. The topological polar surface area (TPSA) is 203 Å². The number of carbonyl (C=O) groups excluding carboxylic acids is 4. The van der Waals surface area contributed by atoms with E-state index in [4.69, 9.17) is 18.4 Å². The highest BCUT2D eigenvalue weighted by Gasteiger charge is 2.48. The zero-order chi connectivity index (χ0) is 56.6. The van der Waals surface area contributed by atoms with E-state index >= 15 is 0 Å². The molecule has 5 aromatic carbocycles. The quantitative estimate of drug-likeness (QED) is 0.0296. The van der Waals surface area contributed by atoms with Gasteiger partial charge in [0.25, 0.3) is 32.1 Å². The van der Waals surface area contributed by atoms with E-state index in [1.807, 2.05) is 80.6 Å². The smallest absolute Gasteiger partial charge is 0.272 e. The van der Waals surface area contributed by atoms with Crippen molar-refractivity contribution in [1.29, 1.82) is 0 Å². The van der Waals surface area contributed by atoms with E-state index in [0.29, 0.717) is 93.9 Å². The molecule has 4 aliphatic heterocycles. The number of fused-ring (bicyclic) bond motifs is 8. The van der Waals surface area contributed by atoms with Crippen molar-refractivity contribution in [3.8, 4) is 17.2 Å². The van der Waals surface area contributed by atoms with Gasteiger partial charge >= 0.3 is 0 Å². The average molecular weight is 1150 g/mol. The number of hydrogen-bond donors (Lipinski definition) is 1. The van der Waals surface area contributed by atoms with Crippen LogP contribution in [0.5, 0.6) is 17.2 Å². The molecule has 0 aliphatic carbocycles. The Kier molecular flexibility index (Phi) is 17.3. The second kappa shape index (κ2) is 23.7. The SMILES string of the molecule is CCC(=O)CCCSSC(C)(C)CCC(=O)N(C)c1cc(COc2cc3c(cc2C)C(=O)N2c4ccccc4C[C@H]2C(S(=O)(=O)OC)C3)cc(COc2cc3c(cc2OC)C(=O)N2c4ccccc4C[C@H]2C(CS(=O)(=O)O)C3)c1. The van der Waals surface area contributed by atoms with Gasteiger partial charge < -0.3 is 28.9 Å². The highest BCUT2D eigenvalue weighted by Crippen LogP contribution is 2.45. The first kappa shape index (κ1) is 57.8. The van der Waals surface area contributed by atoms with E-state index in [2.05, 4.69) is 13.8 Å². The number of carbonyl (C=O) groups is 4. The van der Waals surface area contributed by atoms with Crippen molar-refractivity contribution in [1.82, 2.24) is 0 Å². The zero-order valence-corrected chi connectivity index (χ0v) is 48.7. The molecule has 16 nitrogen and oxygen atoms in total. The Morgan fingerprint density at radius 2 is 1.32 bits per heavy atom. The van der Waals surface area contributed by atoms with Crippen LogP contribution in [0.15, 0.2) is 91.0 Å². The minimum atomic E-state index is -4.44. The fourth-order valence-electron chi connectivity index (χ4n) is 11.3. The monoisotopic (exact) mass is 1150 g/mol. The van der Waals surface area contributed by atoms with Crippen LogP contribution >= 0.6 is 21.6 Å². The first-order valence-electron chi connectivity index (χ1n) is 26.5. The van der Waals surface area contributed by atoms with E-state index in [1.165, 1.54) is 7.11 Å². The van der Waals surface area contributed by atoms with Crippen molar-refractivity contribution >= 4 is 82.4 Å². The van der Waals surface area contributed by atoms with Crippen LogP contribution in [0.3, 0.4) is 0 Å². The molecule has 4 aliphatic rings. The lowest BCUT2D eigenvalue weighted by molar-refractivity contribution is -0.119. The maximum atomic E-state index is 14.5. The van der Waals surface area contributed by atoms with Crippen LogP contribution in [0.1, 0.15) is 113 Å². The molecule has 3 amide bonds. The highest BCUT2D eigenvalue weighted by atomic mass is 33.1. The number of benzene rings is 5. The van der Waals surface area contributed by atoms with Gasteiger partial charge in [0.05, 0.1) is 26.0 Å². The van der Waals surface area contributed by atoms with Gasteiger partial charge in [0, 0.05) is 77.0 Å². The molecule has 1 N–H and O–H groups in total. The van der Waals surface area contributed by atoms with Crippen LogP contribution in [-0.4, -0.2) is 99.7 Å². The van der Waals surface area contributed by atoms with E-state index < -0.39 is 49.2 Å². The predicted molar refractivity (Wildman–Crippen MR) is 309 cm³/mol. The fourth-order valence-corrected chi connectivity index (χ4v) is 16.1. The Balaban J connectivity index is 1.000. The first-order valence-corrected chi connectivity index (χ1v) is 31.9. The number of nitrogens with zero attached hydrogens (tertiary/aromatic N) is 3. The molecule has 0 spiro atoms. The van der Waals surface area contributed by atoms with Gasteiger partial charge in [-0.1, -0.05) is 64.9 Å². The number of aryl methyl sites for hydroxylation is 1. The van der Waals surface area contributed by atoms with Gasteiger partial charge in [0.15, 0.2) is 11.5 Å². The molecule has 420 valence electrons. The van der Waals surface area contributed by atoms with Crippen molar-refractivity contribution in [2.45, 2.75) is 121 Å². The molecule has 2 unspecified atom stereocenters. The normalized spacial score (nSPS) is 18.6. The van der Waals surface area contributed by atoms with E-state index in [0.717, 1.165) is 30.4 Å². The number of hydrogen-bond acceptors (Lipinski definition) is 14. The van der Waals surface area contributed by atoms with Crippen molar-refractivity contribution in [3.63, 3.8) is 0 Å². The third-order valence-electron chi connectivity index (χ3n) is 15.5. The number of anilines is 3. The van der Waals surface area contributed by atoms with Gasteiger partial charge in [-0.15, -0.1) is 0 Å². The van der Waals surface area contributed by atoms with Gasteiger partial charge in [-0.05, 0) is 153 Å². The second-order valence-electron chi connectivity index (χ2n) is 21.4. The number of ether oxygens (including phenoxy) is 3. The predicted octanol–water partition coefficient (Wildman–Crippen LogP) is 9.93. The molecule has 4 atom stereocenters.